The Morgan fingerprint density at radius 3 is 2.94 bits per heavy atom. The number of alkyl halides is 3. The number of allylic oxidation sites excluding steroid dienone is 3. The van der Waals surface area contributed by atoms with E-state index in [0.29, 0.717) is 31.0 Å². The van der Waals surface area contributed by atoms with Crippen LogP contribution in [0.5, 0.6) is 0 Å². The summed E-state index contributed by atoms with van der Waals surface area (Å²) in [5.41, 5.74) is 0.0999. The van der Waals surface area contributed by atoms with Gasteiger partial charge in [0.05, 0.1) is 12.8 Å². The Bertz CT molecular complexity index is 1230. The highest BCUT2D eigenvalue weighted by atomic mass is 19.4. The Hall–Kier alpha value is -4.09. The van der Waals surface area contributed by atoms with Gasteiger partial charge in [-0.05, 0) is 49.1 Å². The van der Waals surface area contributed by atoms with Gasteiger partial charge in [0, 0.05) is 37.0 Å². The molecule has 2 aromatic heterocycles. The molecule has 0 aromatic carbocycles. The van der Waals surface area contributed by atoms with Gasteiger partial charge in [0.2, 0.25) is 11.8 Å². The first-order chi connectivity index (χ1) is 17.2. The molecule has 4 rings (SSSR count). The zero-order valence-corrected chi connectivity index (χ0v) is 19.3. The van der Waals surface area contributed by atoms with Crippen LogP contribution in [0.1, 0.15) is 35.4 Å². The van der Waals surface area contributed by atoms with Crippen molar-refractivity contribution >= 4 is 11.8 Å². The number of halogens is 3. The van der Waals surface area contributed by atoms with E-state index in [0.717, 1.165) is 36.9 Å². The molecular formula is C24H24F3N5O4. The first-order valence-corrected chi connectivity index (χ1v) is 11.2. The average Bonchev–Trinajstić information content (AvgIpc) is 3.51. The molecule has 12 heteroatoms. The van der Waals surface area contributed by atoms with E-state index in [9.17, 15) is 22.8 Å². The lowest BCUT2D eigenvalue weighted by molar-refractivity contribution is -0.141. The fraction of sp³-hybridized carbons (Fsp3) is 0.333. The van der Waals surface area contributed by atoms with Gasteiger partial charge in [0.1, 0.15) is 17.7 Å². The molecule has 1 atom stereocenters. The second kappa shape index (κ2) is 10.7. The third-order valence-corrected chi connectivity index (χ3v) is 5.71. The molecule has 2 aliphatic rings. The van der Waals surface area contributed by atoms with Crippen molar-refractivity contribution in [3.63, 3.8) is 0 Å². The molecule has 2 aromatic rings. The van der Waals surface area contributed by atoms with Gasteiger partial charge in [-0.25, -0.2) is 4.98 Å². The van der Waals surface area contributed by atoms with Crippen LogP contribution < -0.4 is 16.0 Å². The van der Waals surface area contributed by atoms with Crippen molar-refractivity contribution in [1.82, 2.24) is 25.9 Å². The summed E-state index contributed by atoms with van der Waals surface area (Å²) in [5.74, 6) is -0.205. The maximum atomic E-state index is 12.9. The van der Waals surface area contributed by atoms with E-state index in [2.05, 4.69) is 25.9 Å². The molecule has 9 nitrogen and oxygen atoms in total. The van der Waals surface area contributed by atoms with Crippen LogP contribution in [0.25, 0.3) is 11.5 Å². The fourth-order valence-electron chi connectivity index (χ4n) is 3.82. The van der Waals surface area contributed by atoms with Crippen LogP contribution in [0.4, 0.5) is 13.2 Å². The lowest BCUT2D eigenvalue weighted by Crippen LogP contribution is -2.26. The van der Waals surface area contributed by atoms with Crippen LogP contribution in [0.3, 0.4) is 0 Å². The topological polar surface area (TPSA) is 118 Å². The molecule has 0 radical (unpaired) electrons. The summed E-state index contributed by atoms with van der Waals surface area (Å²) in [6.45, 7) is 1.34. The minimum atomic E-state index is -4.62. The van der Waals surface area contributed by atoms with Gasteiger partial charge in [-0.2, -0.15) is 13.2 Å². The lowest BCUT2D eigenvalue weighted by Gasteiger charge is -2.17. The number of pyridine rings is 1. The Kier molecular flexibility index (Phi) is 7.41. The summed E-state index contributed by atoms with van der Waals surface area (Å²) in [4.78, 5) is 31.7. The Morgan fingerprint density at radius 1 is 1.39 bits per heavy atom. The molecule has 0 bridgehead atoms. The number of amides is 2. The second-order valence-corrected chi connectivity index (χ2v) is 8.19. The molecule has 0 spiro atoms. The van der Waals surface area contributed by atoms with Crippen molar-refractivity contribution in [3.8, 4) is 11.5 Å². The molecule has 1 unspecified atom stereocenters. The van der Waals surface area contributed by atoms with Crippen molar-refractivity contribution in [2.75, 3.05) is 20.2 Å². The molecule has 36 heavy (non-hydrogen) atoms. The molecule has 190 valence electrons. The Morgan fingerprint density at radius 2 is 2.22 bits per heavy atom. The monoisotopic (exact) mass is 503 g/mol. The smallest absolute Gasteiger partial charge is 0.433 e. The van der Waals surface area contributed by atoms with E-state index < -0.39 is 17.8 Å². The molecule has 2 amide bonds. The predicted octanol–water partition coefficient (Wildman–Crippen LogP) is 3.30. The summed E-state index contributed by atoms with van der Waals surface area (Å²) in [7, 11) is 1.47. The second-order valence-electron chi connectivity index (χ2n) is 8.19. The van der Waals surface area contributed by atoms with E-state index >= 15 is 0 Å². The molecule has 1 aliphatic heterocycles. The minimum Gasteiger partial charge on any atom is -0.495 e. The average molecular weight is 503 g/mol. The van der Waals surface area contributed by atoms with E-state index in [-0.39, 0.29) is 29.0 Å². The molecule has 1 aliphatic carbocycles. The number of oxazole rings is 1. The number of methoxy groups -OCH3 is 1. The van der Waals surface area contributed by atoms with Gasteiger partial charge in [0.15, 0.2) is 5.69 Å². The number of ether oxygens (including phenoxy) is 1. The van der Waals surface area contributed by atoms with Crippen molar-refractivity contribution in [2.24, 2.45) is 5.92 Å². The highest BCUT2D eigenvalue weighted by Gasteiger charge is 2.33. The number of rotatable bonds is 8. The number of carbonyl (C=O) groups excluding carboxylic acids is 2. The molecule has 1 saturated heterocycles. The summed E-state index contributed by atoms with van der Waals surface area (Å²) in [6.07, 6.45) is 4.92. The summed E-state index contributed by atoms with van der Waals surface area (Å²) < 4.78 is 49.4. The van der Waals surface area contributed by atoms with Crippen LogP contribution >= 0.6 is 0 Å². The highest BCUT2D eigenvalue weighted by Crippen LogP contribution is 2.30. The van der Waals surface area contributed by atoms with Crippen molar-refractivity contribution in [2.45, 2.75) is 25.4 Å². The first kappa shape index (κ1) is 25.0. The van der Waals surface area contributed by atoms with Crippen molar-refractivity contribution in [3.05, 3.63) is 71.4 Å². The van der Waals surface area contributed by atoms with Gasteiger partial charge >= 0.3 is 6.18 Å². The SMILES string of the molecule is COC1=CC/C(=C\NCCC2CCNC2=O)C=C1NC(=O)c1coc(-c2ccnc(C(F)(F)F)c2)n1. The molecule has 0 saturated carbocycles. The van der Waals surface area contributed by atoms with Crippen LogP contribution in [-0.4, -0.2) is 42.0 Å². The van der Waals surface area contributed by atoms with E-state index in [4.69, 9.17) is 9.15 Å². The first-order valence-electron chi connectivity index (χ1n) is 11.2. The quantitative estimate of drug-likeness (QED) is 0.473. The molecule has 3 N–H and O–H groups in total. The highest BCUT2D eigenvalue weighted by molar-refractivity contribution is 5.94. The summed E-state index contributed by atoms with van der Waals surface area (Å²) in [6, 6.07) is 2.10. The number of hydrogen-bond donors (Lipinski definition) is 3. The third-order valence-electron chi connectivity index (χ3n) is 5.71. The van der Waals surface area contributed by atoms with Crippen molar-refractivity contribution < 1.29 is 31.9 Å². The van der Waals surface area contributed by atoms with E-state index in [1.54, 1.807) is 12.2 Å². The van der Waals surface area contributed by atoms with E-state index in [1.165, 1.54) is 13.2 Å². The normalized spacial score (nSPS) is 18.9. The van der Waals surface area contributed by atoms with Crippen LogP contribution in [0.2, 0.25) is 0 Å². The molecular weight excluding hydrogens is 479 g/mol. The number of hydrogen-bond acceptors (Lipinski definition) is 7. The zero-order valence-electron chi connectivity index (χ0n) is 19.3. The summed E-state index contributed by atoms with van der Waals surface area (Å²) >= 11 is 0. The van der Waals surface area contributed by atoms with Crippen LogP contribution in [-0.2, 0) is 15.7 Å². The van der Waals surface area contributed by atoms with Gasteiger partial charge < -0.3 is 25.1 Å². The van der Waals surface area contributed by atoms with Gasteiger partial charge in [-0.1, -0.05) is 0 Å². The lowest BCUT2D eigenvalue weighted by atomic mass is 10.0. The Labute approximate surface area is 204 Å². The number of carbonyl (C=O) groups is 2. The van der Waals surface area contributed by atoms with Gasteiger partial charge in [0.25, 0.3) is 5.91 Å². The van der Waals surface area contributed by atoms with Crippen LogP contribution in [0, 0.1) is 5.92 Å². The maximum absolute atomic E-state index is 12.9. The molecule has 3 heterocycles. The number of aromatic nitrogens is 2. The summed E-state index contributed by atoms with van der Waals surface area (Å²) in [5, 5.41) is 8.71. The van der Waals surface area contributed by atoms with Gasteiger partial charge in [-0.15, -0.1) is 0 Å². The maximum Gasteiger partial charge on any atom is 0.433 e. The molecule has 1 fully saturated rings. The Balaban J connectivity index is 1.41. The standard InChI is InChI=1S/C24H24F3N5O4/c1-35-19-3-2-14(12-28-7-4-15-5-9-30-21(15)33)10-17(19)31-22(34)18-13-36-23(32-18)16-6-8-29-20(11-16)24(25,26)27/h3,6,8,10-13,15,28H,2,4-5,7,9H2,1H3,(H,30,33)(H,31,34)/b14-12+. The minimum absolute atomic E-state index is 0.0205. The largest absolute Gasteiger partial charge is 0.495 e. The van der Waals surface area contributed by atoms with Crippen LogP contribution in [0.15, 0.2) is 64.4 Å². The number of nitrogens with zero attached hydrogens (tertiary/aromatic N) is 2. The third kappa shape index (κ3) is 5.93. The van der Waals surface area contributed by atoms with Gasteiger partial charge in [-0.3, -0.25) is 14.6 Å². The fourth-order valence-corrected chi connectivity index (χ4v) is 3.82. The van der Waals surface area contributed by atoms with Crippen molar-refractivity contribution in [1.29, 1.82) is 0 Å². The predicted molar refractivity (Wildman–Crippen MR) is 122 cm³/mol. The number of nitrogens with one attached hydrogen (secondary N) is 3. The van der Waals surface area contributed by atoms with E-state index in [1.807, 2.05) is 6.20 Å². The zero-order chi connectivity index (χ0) is 25.7.